The summed E-state index contributed by atoms with van der Waals surface area (Å²) in [4.78, 5) is 19.2. The molecule has 0 aliphatic heterocycles. The highest BCUT2D eigenvalue weighted by molar-refractivity contribution is 6.10. The molecule has 0 unspecified atom stereocenters. The number of nitrogens with two attached hydrogens (primary N) is 2. The van der Waals surface area contributed by atoms with Gasteiger partial charge in [0, 0.05) is 10.9 Å². The summed E-state index contributed by atoms with van der Waals surface area (Å²) in [6.07, 6.45) is 0.795. The summed E-state index contributed by atoms with van der Waals surface area (Å²) in [6, 6.07) is 5.77. The molecule has 0 amide bonds. The highest BCUT2D eigenvalue weighted by Crippen LogP contribution is 2.32. The van der Waals surface area contributed by atoms with E-state index in [9.17, 15) is 4.79 Å². The second kappa shape index (κ2) is 6.99. The molecule has 0 saturated heterocycles. The lowest BCUT2D eigenvalue weighted by molar-refractivity contribution is 0.0529. The Bertz CT molecular complexity index is 675. The number of halogens is 1. The third kappa shape index (κ3) is 3.28. The third-order valence-corrected chi connectivity index (χ3v) is 2.99. The van der Waals surface area contributed by atoms with Gasteiger partial charge in [-0.25, -0.2) is 4.79 Å². The predicted molar refractivity (Wildman–Crippen MR) is 86.4 cm³/mol. The van der Waals surface area contributed by atoms with E-state index in [2.05, 4.69) is 9.98 Å². The van der Waals surface area contributed by atoms with Gasteiger partial charge in [-0.15, -0.1) is 12.4 Å². The van der Waals surface area contributed by atoms with Crippen molar-refractivity contribution in [1.29, 1.82) is 0 Å². The SMILES string of the molecule is CCOC(=O)c1c(N=C(N)N)[nH]c2cccc(CC)c12.Cl. The first kappa shape index (κ1) is 16.8. The number of benzene rings is 1. The molecule has 0 aliphatic carbocycles. The Labute approximate surface area is 129 Å². The average molecular weight is 311 g/mol. The monoisotopic (exact) mass is 310 g/mol. The number of guanidine groups is 1. The summed E-state index contributed by atoms with van der Waals surface area (Å²) in [5.74, 6) is -0.209. The Morgan fingerprint density at radius 1 is 1.33 bits per heavy atom. The minimum atomic E-state index is -0.431. The van der Waals surface area contributed by atoms with Crippen LogP contribution in [0.25, 0.3) is 10.9 Å². The van der Waals surface area contributed by atoms with E-state index in [1.807, 2.05) is 25.1 Å². The number of aryl methyl sites for hydroxylation is 1. The van der Waals surface area contributed by atoms with E-state index in [1.165, 1.54) is 0 Å². The van der Waals surface area contributed by atoms with E-state index >= 15 is 0 Å². The number of rotatable bonds is 4. The van der Waals surface area contributed by atoms with E-state index in [0.29, 0.717) is 18.0 Å². The average Bonchev–Trinajstić information content (AvgIpc) is 2.75. The molecule has 7 heteroatoms. The van der Waals surface area contributed by atoms with Crippen molar-refractivity contribution in [3.05, 3.63) is 29.3 Å². The van der Waals surface area contributed by atoms with Crippen molar-refractivity contribution in [2.24, 2.45) is 16.5 Å². The summed E-state index contributed by atoms with van der Waals surface area (Å²) in [5, 5.41) is 0.813. The van der Waals surface area contributed by atoms with Crippen molar-refractivity contribution in [2.45, 2.75) is 20.3 Å². The molecule has 0 radical (unpaired) electrons. The number of hydrogen-bond acceptors (Lipinski definition) is 3. The number of hydrogen-bond donors (Lipinski definition) is 3. The topological polar surface area (TPSA) is 106 Å². The number of aromatic nitrogens is 1. The molecule has 5 N–H and O–H groups in total. The number of aliphatic imine (C=N–C) groups is 1. The second-order valence-corrected chi connectivity index (χ2v) is 4.30. The molecule has 0 spiro atoms. The molecule has 114 valence electrons. The van der Waals surface area contributed by atoms with Crippen LogP contribution < -0.4 is 11.5 Å². The standard InChI is InChI=1S/C14H18N4O2.ClH/c1-3-8-6-5-7-9-10(8)11(13(19)20-4-2)12(17-9)18-14(15)16;/h5-7,17H,3-4H2,1-2H3,(H4,15,16,18);1H. The van der Waals surface area contributed by atoms with Crippen LogP contribution in [0.5, 0.6) is 0 Å². The molecule has 0 fully saturated rings. The van der Waals surface area contributed by atoms with Gasteiger partial charge >= 0.3 is 5.97 Å². The van der Waals surface area contributed by atoms with Crippen molar-refractivity contribution in [3.63, 3.8) is 0 Å². The van der Waals surface area contributed by atoms with Crippen LogP contribution in [0.15, 0.2) is 23.2 Å². The van der Waals surface area contributed by atoms with Gasteiger partial charge in [-0.3, -0.25) is 0 Å². The van der Waals surface area contributed by atoms with E-state index in [-0.39, 0.29) is 18.4 Å². The number of H-pyrrole nitrogens is 1. The van der Waals surface area contributed by atoms with Gasteiger partial charge < -0.3 is 21.2 Å². The van der Waals surface area contributed by atoms with Crippen LogP contribution >= 0.6 is 12.4 Å². The number of fused-ring (bicyclic) bond motifs is 1. The fourth-order valence-corrected chi connectivity index (χ4v) is 2.22. The van der Waals surface area contributed by atoms with Gasteiger partial charge in [0.25, 0.3) is 0 Å². The van der Waals surface area contributed by atoms with Gasteiger partial charge in [-0.1, -0.05) is 19.1 Å². The Morgan fingerprint density at radius 2 is 2.05 bits per heavy atom. The highest BCUT2D eigenvalue weighted by atomic mass is 35.5. The maximum atomic E-state index is 12.2. The molecule has 1 aromatic heterocycles. The fraction of sp³-hybridized carbons (Fsp3) is 0.286. The van der Waals surface area contributed by atoms with Gasteiger partial charge in [0.15, 0.2) is 5.96 Å². The largest absolute Gasteiger partial charge is 0.462 e. The van der Waals surface area contributed by atoms with E-state index in [0.717, 1.165) is 22.9 Å². The zero-order valence-corrected chi connectivity index (χ0v) is 12.8. The first-order valence-electron chi connectivity index (χ1n) is 6.48. The van der Waals surface area contributed by atoms with Crippen molar-refractivity contribution in [2.75, 3.05) is 6.61 Å². The van der Waals surface area contributed by atoms with Crippen LogP contribution in [-0.2, 0) is 11.2 Å². The number of carbonyl (C=O) groups is 1. The first-order valence-corrected chi connectivity index (χ1v) is 6.48. The maximum Gasteiger partial charge on any atom is 0.342 e. The van der Waals surface area contributed by atoms with Crippen molar-refractivity contribution >= 4 is 41.1 Å². The molecular weight excluding hydrogens is 292 g/mol. The molecule has 0 aliphatic rings. The second-order valence-electron chi connectivity index (χ2n) is 4.30. The Balaban J connectivity index is 0.00000220. The van der Waals surface area contributed by atoms with Gasteiger partial charge in [-0.05, 0) is 25.0 Å². The molecule has 0 saturated carbocycles. The van der Waals surface area contributed by atoms with E-state index in [1.54, 1.807) is 6.92 Å². The van der Waals surface area contributed by atoms with E-state index < -0.39 is 5.97 Å². The zero-order valence-electron chi connectivity index (χ0n) is 12.0. The summed E-state index contributed by atoms with van der Waals surface area (Å²) >= 11 is 0. The lowest BCUT2D eigenvalue weighted by Crippen LogP contribution is -2.22. The lowest BCUT2D eigenvalue weighted by Gasteiger charge is -2.04. The molecule has 1 aromatic carbocycles. The molecule has 2 rings (SSSR count). The van der Waals surface area contributed by atoms with Crippen LogP contribution in [0, 0.1) is 0 Å². The molecule has 0 bridgehead atoms. The summed E-state index contributed by atoms with van der Waals surface area (Å²) < 4.78 is 5.11. The number of carbonyl (C=O) groups excluding carboxylic acids is 1. The van der Waals surface area contributed by atoms with Crippen molar-refractivity contribution in [1.82, 2.24) is 4.98 Å². The van der Waals surface area contributed by atoms with Crippen LogP contribution in [0.4, 0.5) is 5.82 Å². The van der Waals surface area contributed by atoms with E-state index in [4.69, 9.17) is 16.2 Å². The van der Waals surface area contributed by atoms with Crippen LogP contribution in [0.2, 0.25) is 0 Å². The number of ether oxygens (including phenoxy) is 1. The Hall–Kier alpha value is -2.21. The number of aromatic amines is 1. The molecular formula is C14H19ClN4O2. The Morgan fingerprint density at radius 3 is 2.62 bits per heavy atom. The van der Waals surface area contributed by atoms with Crippen molar-refractivity contribution in [3.8, 4) is 0 Å². The molecule has 2 aromatic rings. The Kier molecular flexibility index (Phi) is 5.60. The summed E-state index contributed by atoms with van der Waals surface area (Å²) in [6.45, 7) is 4.08. The van der Waals surface area contributed by atoms with Crippen LogP contribution in [0.1, 0.15) is 29.8 Å². The molecule has 1 heterocycles. The van der Waals surface area contributed by atoms with Gasteiger partial charge in [0.1, 0.15) is 11.4 Å². The number of nitrogens with one attached hydrogen (secondary N) is 1. The fourth-order valence-electron chi connectivity index (χ4n) is 2.22. The molecule has 6 nitrogen and oxygen atoms in total. The summed E-state index contributed by atoms with van der Waals surface area (Å²) in [5.41, 5.74) is 13.1. The predicted octanol–water partition coefficient (Wildman–Crippen LogP) is 2.23. The minimum Gasteiger partial charge on any atom is -0.462 e. The minimum absolute atomic E-state index is 0. The maximum absolute atomic E-state index is 12.2. The van der Waals surface area contributed by atoms with Crippen molar-refractivity contribution < 1.29 is 9.53 Å². The lowest BCUT2D eigenvalue weighted by atomic mass is 10.0. The number of nitrogens with zero attached hydrogens (tertiary/aromatic N) is 1. The van der Waals surface area contributed by atoms with Crippen LogP contribution in [-0.4, -0.2) is 23.5 Å². The van der Waals surface area contributed by atoms with Gasteiger partial charge in [0.05, 0.1) is 6.61 Å². The third-order valence-electron chi connectivity index (χ3n) is 2.99. The van der Waals surface area contributed by atoms with Gasteiger partial charge in [0.2, 0.25) is 0 Å². The molecule has 21 heavy (non-hydrogen) atoms. The first-order chi connectivity index (χ1) is 9.58. The zero-order chi connectivity index (χ0) is 14.7. The summed E-state index contributed by atoms with van der Waals surface area (Å²) in [7, 11) is 0. The molecule has 0 atom stereocenters. The normalized spacial score (nSPS) is 10.0. The highest BCUT2D eigenvalue weighted by Gasteiger charge is 2.21. The van der Waals surface area contributed by atoms with Gasteiger partial charge in [-0.2, -0.15) is 4.99 Å². The smallest absolute Gasteiger partial charge is 0.342 e. The van der Waals surface area contributed by atoms with Crippen LogP contribution in [0.3, 0.4) is 0 Å². The quantitative estimate of drug-likeness (QED) is 0.457. The number of esters is 1.